The predicted octanol–water partition coefficient (Wildman–Crippen LogP) is 4.95. The number of hydrogen-bond donors (Lipinski definition) is 1. The highest BCUT2D eigenvalue weighted by atomic mass is 16.1. The normalized spacial score (nSPS) is 44.1. The van der Waals surface area contributed by atoms with Gasteiger partial charge in [0.05, 0.1) is 0 Å². The molecule has 0 aromatic heterocycles. The number of hydrogen-bond acceptors (Lipinski definition) is 3. The van der Waals surface area contributed by atoms with Gasteiger partial charge in [-0.3, -0.25) is 14.4 Å². The van der Waals surface area contributed by atoms with Gasteiger partial charge in [-0.15, -0.1) is 0 Å². The third-order valence-corrected chi connectivity index (χ3v) is 10.2. The molecule has 4 heteroatoms. The van der Waals surface area contributed by atoms with E-state index in [4.69, 9.17) is 0 Å². The summed E-state index contributed by atoms with van der Waals surface area (Å²) in [5, 5.41) is 2.89. The number of carbonyl (C=O) groups is 3. The maximum Gasteiger partial charge on any atom is 0.219 e. The molecule has 168 valence electrons. The standard InChI is InChI=1S/C26H41NO3/c1-5-27-23(30)12-9-16(2)18-10-11-19-24-20(15-22(29)26(18,19)4)25(3)13-7-6-8-17(25)14-21(24)28/h16-20,24H,5-15H2,1-4H3,(H,27,30)/t16-,17+,18-,19+,20+,24+,25+,26-/m0/s1. The highest BCUT2D eigenvalue weighted by Gasteiger charge is 2.65. The average molecular weight is 416 g/mol. The summed E-state index contributed by atoms with van der Waals surface area (Å²) in [6, 6.07) is 0. The maximum absolute atomic E-state index is 13.7. The summed E-state index contributed by atoms with van der Waals surface area (Å²) in [7, 11) is 0. The van der Waals surface area contributed by atoms with Crippen molar-refractivity contribution in [1.82, 2.24) is 5.32 Å². The fraction of sp³-hybridized carbons (Fsp3) is 0.885. The molecule has 4 fully saturated rings. The summed E-state index contributed by atoms with van der Waals surface area (Å²) in [5.74, 6) is 2.68. The Bertz CT molecular complexity index is 717. The van der Waals surface area contributed by atoms with Gasteiger partial charge in [0.2, 0.25) is 5.91 Å². The van der Waals surface area contributed by atoms with Crippen LogP contribution < -0.4 is 5.32 Å². The Balaban J connectivity index is 1.56. The number of ketones is 2. The summed E-state index contributed by atoms with van der Waals surface area (Å²) in [4.78, 5) is 39.1. The summed E-state index contributed by atoms with van der Waals surface area (Å²) in [6.07, 6.45) is 9.60. The molecule has 4 aliphatic carbocycles. The van der Waals surface area contributed by atoms with Crippen molar-refractivity contribution < 1.29 is 14.4 Å². The number of fused-ring (bicyclic) bond motifs is 5. The first-order valence-corrected chi connectivity index (χ1v) is 12.6. The van der Waals surface area contributed by atoms with Crippen molar-refractivity contribution in [3.8, 4) is 0 Å². The summed E-state index contributed by atoms with van der Waals surface area (Å²) in [6.45, 7) is 9.41. The lowest BCUT2D eigenvalue weighted by molar-refractivity contribution is -0.165. The molecule has 0 bridgehead atoms. The van der Waals surface area contributed by atoms with Crippen LogP contribution in [0.3, 0.4) is 0 Å². The number of rotatable bonds is 5. The van der Waals surface area contributed by atoms with E-state index in [1.807, 2.05) is 6.92 Å². The van der Waals surface area contributed by atoms with E-state index in [9.17, 15) is 14.4 Å². The minimum Gasteiger partial charge on any atom is -0.356 e. The van der Waals surface area contributed by atoms with E-state index < -0.39 is 0 Å². The van der Waals surface area contributed by atoms with E-state index in [0.29, 0.717) is 48.7 Å². The second-order valence-corrected chi connectivity index (χ2v) is 11.4. The molecule has 4 nitrogen and oxygen atoms in total. The summed E-state index contributed by atoms with van der Waals surface area (Å²) >= 11 is 0. The molecular weight excluding hydrogens is 374 g/mol. The highest BCUT2D eigenvalue weighted by Crippen LogP contribution is 2.66. The van der Waals surface area contributed by atoms with Crippen LogP contribution in [0.25, 0.3) is 0 Å². The van der Waals surface area contributed by atoms with Crippen molar-refractivity contribution in [2.75, 3.05) is 6.54 Å². The molecule has 0 aromatic rings. The van der Waals surface area contributed by atoms with Crippen LogP contribution in [0.1, 0.15) is 91.9 Å². The Labute approximate surface area is 182 Å². The van der Waals surface area contributed by atoms with Gasteiger partial charge in [-0.05, 0) is 74.0 Å². The molecule has 0 heterocycles. The van der Waals surface area contributed by atoms with Crippen molar-refractivity contribution in [1.29, 1.82) is 0 Å². The molecule has 4 saturated carbocycles. The van der Waals surface area contributed by atoms with E-state index in [1.54, 1.807) is 0 Å². The molecule has 0 spiro atoms. The first-order chi connectivity index (χ1) is 14.2. The SMILES string of the molecule is CCNC(=O)CC[C@H](C)[C@@H]1CC[C@@H]2[C@H]3C(=O)C[C@H]4CCCC[C@@]4(C)[C@@H]3CC(=O)[C@]21C. The smallest absolute Gasteiger partial charge is 0.219 e. The van der Waals surface area contributed by atoms with E-state index >= 15 is 0 Å². The topological polar surface area (TPSA) is 63.2 Å². The largest absolute Gasteiger partial charge is 0.356 e. The second kappa shape index (κ2) is 8.06. The zero-order valence-corrected chi connectivity index (χ0v) is 19.5. The van der Waals surface area contributed by atoms with Gasteiger partial charge in [0.25, 0.3) is 0 Å². The lowest BCUT2D eigenvalue weighted by atomic mass is 9.44. The zero-order valence-electron chi connectivity index (χ0n) is 19.5. The van der Waals surface area contributed by atoms with Gasteiger partial charge >= 0.3 is 0 Å². The third-order valence-electron chi connectivity index (χ3n) is 10.2. The lowest BCUT2D eigenvalue weighted by Crippen LogP contribution is -2.59. The Morgan fingerprint density at radius 1 is 1.10 bits per heavy atom. The molecule has 0 aromatic carbocycles. The van der Waals surface area contributed by atoms with Crippen LogP contribution in [0, 0.1) is 46.3 Å². The maximum atomic E-state index is 13.7. The first-order valence-electron chi connectivity index (χ1n) is 12.6. The second-order valence-electron chi connectivity index (χ2n) is 11.4. The number of nitrogens with one attached hydrogen (secondary N) is 1. The zero-order chi connectivity index (χ0) is 21.7. The van der Waals surface area contributed by atoms with E-state index in [-0.39, 0.29) is 34.5 Å². The fourth-order valence-corrected chi connectivity index (χ4v) is 8.47. The molecule has 1 N–H and O–H groups in total. The molecule has 0 aliphatic heterocycles. The van der Waals surface area contributed by atoms with Crippen LogP contribution in [0.4, 0.5) is 0 Å². The Kier molecular flexibility index (Phi) is 5.91. The molecule has 4 rings (SSSR count). The van der Waals surface area contributed by atoms with E-state index in [1.165, 1.54) is 25.7 Å². The Morgan fingerprint density at radius 2 is 1.87 bits per heavy atom. The van der Waals surface area contributed by atoms with Crippen LogP contribution in [0.15, 0.2) is 0 Å². The van der Waals surface area contributed by atoms with Crippen molar-refractivity contribution >= 4 is 17.5 Å². The molecule has 4 aliphatic rings. The van der Waals surface area contributed by atoms with Gasteiger partial charge < -0.3 is 5.32 Å². The third kappa shape index (κ3) is 3.28. The molecular formula is C26H41NO3. The number of amides is 1. The molecule has 0 unspecified atom stereocenters. The van der Waals surface area contributed by atoms with Crippen LogP contribution in [-0.4, -0.2) is 24.0 Å². The lowest BCUT2D eigenvalue weighted by Gasteiger charge is -2.59. The van der Waals surface area contributed by atoms with Gasteiger partial charge in [-0.1, -0.05) is 33.6 Å². The molecule has 8 atom stereocenters. The fourth-order valence-electron chi connectivity index (χ4n) is 8.47. The molecule has 30 heavy (non-hydrogen) atoms. The van der Waals surface area contributed by atoms with Gasteiger partial charge in [-0.25, -0.2) is 0 Å². The van der Waals surface area contributed by atoms with Crippen LogP contribution in [-0.2, 0) is 14.4 Å². The number of carbonyl (C=O) groups excluding carboxylic acids is 3. The van der Waals surface area contributed by atoms with Gasteiger partial charge in [0.15, 0.2) is 0 Å². The number of Topliss-reactive ketones (excluding diaryl/α,β-unsaturated/α-hetero) is 2. The molecule has 0 saturated heterocycles. The van der Waals surface area contributed by atoms with Crippen molar-refractivity contribution in [3.05, 3.63) is 0 Å². The van der Waals surface area contributed by atoms with Gasteiger partial charge in [0.1, 0.15) is 11.6 Å². The van der Waals surface area contributed by atoms with Crippen LogP contribution in [0.2, 0.25) is 0 Å². The van der Waals surface area contributed by atoms with Crippen molar-refractivity contribution in [2.24, 2.45) is 46.3 Å². The molecule has 1 amide bonds. The highest BCUT2D eigenvalue weighted by molar-refractivity contribution is 5.92. The first kappa shape index (κ1) is 22.0. The average Bonchev–Trinajstić information content (AvgIpc) is 3.06. The minimum absolute atomic E-state index is 0.0904. The van der Waals surface area contributed by atoms with Gasteiger partial charge in [-0.2, -0.15) is 0 Å². The Hall–Kier alpha value is -1.19. The van der Waals surface area contributed by atoms with E-state index in [2.05, 4.69) is 26.1 Å². The van der Waals surface area contributed by atoms with Gasteiger partial charge in [0, 0.05) is 37.1 Å². The monoisotopic (exact) mass is 415 g/mol. The van der Waals surface area contributed by atoms with Crippen molar-refractivity contribution in [2.45, 2.75) is 91.9 Å². The van der Waals surface area contributed by atoms with E-state index in [0.717, 1.165) is 25.7 Å². The summed E-state index contributed by atoms with van der Waals surface area (Å²) in [5.41, 5.74) is -0.203. The predicted molar refractivity (Wildman–Crippen MR) is 118 cm³/mol. The van der Waals surface area contributed by atoms with Crippen LogP contribution >= 0.6 is 0 Å². The summed E-state index contributed by atoms with van der Waals surface area (Å²) < 4.78 is 0. The Morgan fingerprint density at radius 3 is 2.60 bits per heavy atom. The molecule has 0 radical (unpaired) electrons. The van der Waals surface area contributed by atoms with Crippen LogP contribution in [0.5, 0.6) is 0 Å². The quantitative estimate of drug-likeness (QED) is 0.691. The minimum atomic E-state index is -0.380. The van der Waals surface area contributed by atoms with Crippen molar-refractivity contribution in [3.63, 3.8) is 0 Å².